The number of rotatable bonds is 4. The van der Waals surface area contributed by atoms with Crippen molar-refractivity contribution in [2.75, 3.05) is 7.11 Å². The highest BCUT2D eigenvalue weighted by atomic mass is 127. The number of hydrogen-bond acceptors (Lipinski definition) is 4. The average molecular weight is 337 g/mol. The lowest BCUT2D eigenvalue weighted by atomic mass is 9.95. The fourth-order valence-electron chi connectivity index (χ4n) is 1.58. The van der Waals surface area contributed by atoms with Crippen molar-refractivity contribution in [2.24, 2.45) is 5.73 Å². The summed E-state index contributed by atoms with van der Waals surface area (Å²) in [7, 11) is 1.34. The van der Waals surface area contributed by atoms with E-state index in [-0.39, 0.29) is 6.04 Å². The third-order valence-electron chi connectivity index (χ3n) is 2.39. The molecule has 0 aliphatic rings. The molecule has 0 aliphatic carbocycles. The van der Waals surface area contributed by atoms with Crippen molar-refractivity contribution in [3.8, 4) is 0 Å². The van der Waals surface area contributed by atoms with Gasteiger partial charge in [-0.05, 0) is 42.9 Å². The number of carbonyl (C=O) groups is 1. The number of carbonyl (C=O) groups excluding carboxylic acids is 1. The molecular formula is C10H16IN3O2. The van der Waals surface area contributed by atoms with E-state index in [1.165, 1.54) is 7.11 Å². The van der Waals surface area contributed by atoms with Crippen molar-refractivity contribution >= 4 is 28.6 Å². The van der Waals surface area contributed by atoms with Gasteiger partial charge in [-0.15, -0.1) is 0 Å². The first-order valence-corrected chi connectivity index (χ1v) is 6.01. The highest BCUT2D eigenvalue weighted by Crippen LogP contribution is 2.20. The van der Waals surface area contributed by atoms with E-state index in [0.29, 0.717) is 6.42 Å². The van der Waals surface area contributed by atoms with Crippen molar-refractivity contribution < 1.29 is 9.53 Å². The molecule has 0 aromatic carbocycles. The minimum Gasteiger partial charge on any atom is -0.468 e. The number of nitrogens with two attached hydrogens (primary N) is 1. The van der Waals surface area contributed by atoms with E-state index in [0.717, 1.165) is 3.57 Å². The second-order valence-electron chi connectivity index (χ2n) is 4.10. The average Bonchev–Trinajstić information content (AvgIpc) is 2.63. The molecule has 6 heteroatoms. The molecule has 0 aliphatic heterocycles. The molecule has 2 unspecified atom stereocenters. The van der Waals surface area contributed by atoms with Crippen LogP contribution in [-0.2, 0) is 9.53 Å². The smallest absolute Gasteiger partial charge is 0.325 e. The van der Waals surface area contributed by atoms with Crippen LogP contribution >= 0.6 is 22.6 Å². The number of nitrogens with zero attached hydrogens (tertiary/aromatic N) is 2. The maximum Gasteiger partial charge on any atom is 0.325 e. The van der Waals surface area contributed by atoms with Gasteiger partial charge < -0.3 is 10.5 Å². The number of esters is 1. The highest BCUT2D eigenvalue weighted by molar-refractivity contribution is 14.1. The molecule has 90 valence electrons. The first-order valence-electron chi connectivity index (χ1n) is 4.94. The van der Waals surface area contributed by atoms with Gasteiger partial charge in [0.15, 0.2) is 0 Å². The number of ether oxygens (including phenoxy) is 1. The predicted octanol–water partition coefficient (Wildman–Crippen LogP) is 1.33. The summed E-state index contributed by atoms with van der Waals surface area (Å²) < 4.78 is 7.52. The van der Waals surface area contributed by atoms with E-state index < -0.39 is 11.5 Å². The minimum absolute atomic E-state index is 0.0533. The summed E-state index contributed by atoms with van der Waals surface area (Å²) in [5.74, 6) is -0.402. The summed E-state index contributed by atoms with van der Waals surface area (Å²) in [6.07, 6.45) is 4.17. The van der Waals surface area contributed by atoms with Crippen molar-refractivity contribution in [1.29, 1.82) is 0 Å². The van der Waals surface area contributed by atoms with E-state index in [2.05, 4.69) is 32.4 Å². The molecule has 0 fully saturated rings. The number of aromatic nitrogens is 2. The summed E-state index contributed by atoms with van der Waals surface area (Å²) in [6.45, 7) is 3.64. The topological polar surface area (TPSA) is 70.1 Å². The molecule has 1 aromatic rings. The maximum atomic E-state index is 11.4. The SMILES string of the molecule is COC(=O)C(C)(N)CC(C)n1cc(I)cn1. The van der Waals surface area contributed by atoms with Crippen LogP contribution < -0.4 is 5.73 Å². The van der Waals surface area contributed by atoms with Crippen LogP contribution in [0, 0.1) is 3.57 Å². The molecule has 1 heterocycles. The lowest BCUT2D eigenvalue weighted by Gasteiger charge is -2.25. The quantitative estimate of drug-likeness (QED) is 0.665. The van der Waals surface area contributed by atoms with E-state index >= 15 is 0 Å². The molecule has 0 spiro atoms. The Morgan fingerprint density at radius 2 is 2.44 bits per heavy atom. The van der Waals surface area contributed by atoms with Gasteiger partial charge in [0, 0.05) is 6.20 Å². The summed E-state index contributed by atoms with van der Waals surface area (Å²) in [5.41, 5.74) is 4.92. The normalized spacial score (nSPS) is 16.6. The fraction of sp³-hybridized carbons (Fsp3) is 0.600. The summed E-state index contributed by atoms with van der Waals surface area (Å²) in [6, 6.07) is 0.0533. The Morgan fingerprint density at radius 1 is 1.81 bits per heavy atom. The number of halogens is 1. The van der Waals surface area contributed by atoms with Gasteiger partial charge in [-0.1, -0.05) is 0 Å². The third-order valence-corrected chi connectivity index (χ3v) is 2.95. The molecule has 0 saturated heterocycles. The zero-order chi connectivity index (χ0) is 12.3. The molecule has 0 amide bonds. The van der Waals surface area contributed by atoms with Crippen LogP contribution in [0.4, 0.5) is 0 Å². The molecule has 1 rings (SSSR count). The van der Waals surface area contributed by atoms with E-state index in [9.17, 15) is 4.79 Å². The second-order valence-corrected chi connectivity index (χ2v) is 5.35. The first kappa shape index (κ1) is 13.4. The Labute approximate surface area is 108 Å². The summed E-state index contributed by atoms with van der Waals surface area (Å²) in [4.78, 5) is 11.4. The first-order chi connectivity index (χ1) is 7.36. The zero-order valence-electron chi connectivity index (χ0n) is 9.61. The van der Waals surface area contributed by atoms with E-state index in [4.69, 9.17) is 5.73 Å². The molecule has 2 atom stereocenters. The van der Waals surface area contributed by atoms with Gasteiger partial charge in [0.1, 0.15) is 5.54 Å². The van der Waals surface area contributed by atoms with Crippen LogP contribution in [0.2, 0.25) is 0 Å². The van der Waals surface area contributed by atoms with E-state index in [1.807, 2.05) is 13.1 Å². The van der Waals surface area contributed by atoms with E-state index in [1.54, 1.807) is 17.8 Å². The van der Waals surface area contributed by atoms with Gasteiger partial charge in [0.25, 0.3) is 0 Å². The Balaban J connectivity index is 2.70. The fourth-order valence-corrected chi connectivity index (χ4v) is 1.99. The van der Waals surface area contributed by atoms with Crippen molar-refractivity contribution in [3.05, 3.63) is 16.0 Å². The number of methoxy groups -OCH3 is 1. The van der Waals surface area contributed by atoms with Gasteiger partial charge >= 0.3 is 5.97 Å². The van der Waals surface area contributed by atoms with Crippen molar-refractivity contribution in [1.82, 2.24) is 9.78 Å². The van der Waals surface area contributed by atoms with Crippen LogP contribution in [0.1, 0.15) is 26.3 Å². The summed E-state index contributed by atoms with van der Waals surface area (Å²) >= 11 is 2.19. The van der Waals surface area contributed by atoms with Gasteiger partial charge in [-0.3, -0.25) is 9.48 Å². The Kier molecular flexibility index (Phi) is 4.31. The van der Waals surface area contributed by atoms with Crippen molar-refractivity contribution in [2.45, 2.75) is 31.8 Å². The van der Waals surface area contributed by atoms with Crippen LogP contribution in [0.15, 0.2) is 12.4 Å². The highest BCUT2D eigenvalue weighted by Gasteiger charge is 2.32. The molecule has 5 nitrogen and oxygen atoms in total. The van der Waals surface area contributed by atoms with Gasteiger partial charge in [-0.25, -0.2) is 0 Å². The predicted molar refractivity (Wildman–Crippen MR) is 68.9 cm³/mol. The molecule has 0 radical (unpaired) electrons. The standard InChI is InChI=1S/C10H16IN3O2/c1-7(14-6-8(11)5-13-14)4-10(2,12)9(15)16-3/h5-7H,4,12H2,1-3H3. The van der Waals surface area contributed by atoms with Gasteiger partial charge in [0.05, 0.1) is 22.9 Å². The Hall–Kier alpha value is -0.630. The molecule has 2 N–H and O–H groups in total. The van der Waals surface area contributed by atoms with Gasteiger partial charge in [-0.2, -0.15) is 5.10 Å². The lowest BCUT2D eigenvalue weighted by molar-refractivity contribution is -0.147. The van der Waals surface area contributed by atoms with Gasteiger partial charge in [0.2, 0.25) is 0 Å². The lowest BCUT2D eigenvalue weighted by Crippen LogP contribution is -2.47. The molecule has 0 bridgehead atoms. The maximum absolute atomic E-state index is 11.4. The van der Waals surface area contributed by atoms with Crippen LogP contribution in [-0.4, -0.2) is 28.4 Å². The zero-order valence-corrected chi connectivity index (χ0v) is 11.8. The van der Waals surface area contributed by atoms with Crippen LogP contribution in [0.3, 0.4) is 0 Å². The largest absolute Gasteiger partial charge is 0.468 e. The minimum atomic E-state index is -0.981. The molecular weight excluding hydrogens is 321 g/mol. The van der Waals surface area contributed by atoms with Crippen LogP contribution in [0.5, 0.6) is 0 Å². The summed E-state index contributed by atoms with van der Waals surface area (Å²) in [5, 5.41) is 4.19. The third kappa shape index (κ3) is 3.18. The second kappa shape index (κ2) is 5.13. The monoisotopic (exact) mass is 337 g/mol. The molecule has 16 heavy (non-hydrogen) atoms. The Morgan fingerprint density at radius 3 is 2.88 bits per heavy atom. The molecule has 0 saturated carbocycles. The Bertz CT molecular complexity index is 376. The van der Waals surface area contributed by atoms with Crippen molar-refractivity contribution in [3.63, 3.8) is 0 Å². The molecule has 1 aromatic heterocycles. The van der Waals surface area contributed by atoms with Crippen LogP contribution in [0.25, 0.3) is 0 Å². The number of hydrogen-bond donors (Lipinski definition) is 1.